The van der Waals surface area contributed by atoms with E-state index in [1.54, 1.807) is 0 Å². The van der Waals surface area contributed by atoms with Crippen LogP contribution in [0.2, 0.25) is 0 Å². The summed E-state index contributed by atoms with van der Waals surface area (Å²) in [6.45, 7) is 3.10. The molecule has 1 aliphatic rings. The van der Waals surface area contributed by atoms with Gasteiger partial charge in [0.2, 0.25) is 0 Å². The van der Waals surface area contributed by atoms with Crippen molar-refractivity contribution in [2.24, 2.45) is 0 Å². The summed E-state index contributed by atoms with van der Waals surface area (Å²) in [6.07, 6.45) is 3.13. The highest BCUT2D eigenvalue weighted by Gasteiger charge is 2.20. The third-order valence-electron chi connectivity index (χ3n) is 1.98. The van der Waals surface area contributed by atoms with Crippen molar-refractivity contribution >= 4 is 0 Å². The van der Waals surface area contributed by atoms with E-state index in [1.807, 2.05) is 6.92 Å². The van der Waals surface area contributed by atoms with Gasteiger partial charge in [-0.25, -0.2) is 0 Å². The summed E-state index contributed by atoms with van der Waals surface area (Å²) in [7, 11) is 0. The van der Waals surface area contributed by atoms with Gasteiger partial charge in [0.15, 0.2) is 0 Å². The van der Waals surface area contributed by atoms with Gasteiger partial charge in [-0.05, 0) is 25.8 Å². The lowest BCUT2D eigenvalue weighted by Crippen LogP contribution is -2.33. The molecule has 9 heavy (non-hydrogen) atoms. The molecule has 0 aliphatic carbocycles. The van der Waals surface area contributed by atoms with Crippen molar-refractivity contribution < 1.29 is 5.11 Å². The maximum atomic E-state index is 9.30. The predicted octanol–water partition coefficient (Wildman–Crippen LogP) is 0.509. The van der Waals surface area contributed by atoms with E-state index in [4.69, 9.17) is 0 Å². The molecule has 54 valence electrons. The second-order valence-corrected chi connectivity index (χ2v) is 2.68. The highest BCUT2D eigenvalue weighted by Crippen LogP contribution is 2.10. The Balaban J connectivity index is 2.24. The first kappa shape index (κ1) is 7.03. The highest BCUT2D eigenvalue weighted by molar-refractivity contribution is 4.79. The Morgan fingerprint density at radius 2 is 2.56 bits per heavy atom. The summed E-state index contributed by atoms with van der Waals surface area (Å²) in [6, 6.07) is 0.384. The van der Waals surface area contributed by atoms with Crippen LogP contribution in [0.15, 0.2) is 0 Å². The number of aliphatic hydroxyl groups is 1. The Bertz CT molecular complexity index is 79.0. The Kier molecular flexibility index (Phi) is 2.49. The van der Waals surface area contributed by atoms with Crippen LogP contribution in [-0.2, 0) is 0 Å². The molecule has 0 unspecified atom stereocenters. The van der Waals surface area contributed by atoms with Gasteiger partial charge in [-0.15, -0.1) is 0 Å². The van der Waals surface area contributed by atoms with Crippen molar-refractivity contribution in [1.29, 1.82) is 0 Å². The van der Waals surface area contributed by atoms with Crippen molar-refractivity contribution in [3.05, 3.63) is 0 Å². The summed E-state index contributed by atoms with van der Waals surface area (Å²) in [4.78, 5) is 0. The molecule has 0 aromatic heterocycles. The van der Waals surface area contributed by atoms with Gasteiger partial charge < -0.3 is 10.4 Å². The summed E-state index contributed by atoms with van der Waals surface area (Å²) in [5, 5.41) is 12.6. The molecule has 0 spiro atoms. The van der Waals surface area contributed by atoms with E-state index in [1.165, 1.54) is 6.42 Å². The molecular formula is C7H15NO. The van der Waals surface area contributed by atoms with E-state index in [0.29, 0.717) is 6.04 Å². The van der Waals surface area contributed by atoms with Crippen LogP contribution in [0.4, 0.5) is 0 Å². The zero-order valence-corrected chi connectivity index (χ0v) is 5.93. The Morgan fingerprint density at radius 3 is 3.00 bits per heavy atom. The normalized spacial score (nSPS) is 30.7. The molecule has 1 rings (SSSR count). The maximum absolute atomic E-state index is 9.30. The number of hydrogen-bond acceptors (Lipinski definition) is 2. The van der Waals surface area contributed by atoms with Gasteiger partial charge in [0.1, 0.15) is 0 Å². The SMILES string of the molecule is CC[C@H](O)[C@@H]1CCCN1. The predicted molar refractivity (Wildman–Crippen MR) is 37.3 cm³/mol. The standard InChI is InChI=1S/C7H15NO/c1-2-7(9)6-4-3-5-8-6/h6-9H,2-5H2,1H3/t6-,7-/m0/s1. The number of hydrogen-bond donors (Lipinski definition) is 2. The molecule has 0 amide bonds. The monoisotopic (exact) mass is 129 g/mol. The molecule has 2 heteroatoms. The van der Waals surface area contributed by atoms with E-state index in [2.05, 4.69) is 5.32 Å². The summed E-state index contributed by atoms with van der Waals surface area (Å²) >= 11 is 0. The topological polar surface area (TPSA) is 32.3 Å². The molecule has 1 saturated heterocycles. The third kappa shape index (κ3) is 1.66. The molecule has 2 N–H and O–H groups in total. The van der Waals surface area contributed by atoms with E-state index in [9.17, 15) is 5.11 Å². The van der Waals surface area contributed by atoms with Crippen molar-refractivity contribution in [2.45, 2.75) is 38.3 Å². The Labute approximate surface area is 56.3 Å². The van der Waals surface area contributed by atoms with Crippen molar-refractivity contribution in [3.63, 3.8) is 0 Å². The molecule has 1 aliphatic heterocycles. The fourth-order valence-electron chi connectivity index (χ4n) is 1.32. The minimum absolute atomic E-state index is 0.118. The average molecular weight is 129 g/mol. The van der Waals surface area contributed by atoms with Crippen molar-refractivity contribution in [2.75, 3.05) is 6.54 Å². The fourth-order valence-corrected chi connectivity index (χ4v) is 1.32. The van der Waals surface area contributed by atoms with Gasteiger partial charge in [-0.3, -0.25) is 0 Å². The first-order valence-electron chi connectivity index (χ1n) is 3.76. The lowest BCUT2D eigenvalue weighted by Gasteiger charge is -2.15. The lowest BCUT2D eigenvalue weighted by atomic mass is 10.1. The first-order chi connectivity index (χ1) is 4.34. The Morgan fingerprint density at radius 1 is 1.78 bits per heavy atom. The second kappa shape index (κ2) is 3.18. The summed E-state index contributed by atoms with van der Waals surface area (Å²) in [5.41, 5.74) is 0. The van der Waals surface area contributed by atoms with E-state index < -0.39 is 0 Å². The molecule has 0 saturated carbocycles. The van der Waals surface area contributed by atoms with Crippen LogP contribution < -0.4 is 5.32 Å². The van der Waals surface area contributed by atoms with E-state index >= 15 is 0 Å². The van der Waals surface area contributed by atoms with Gasteiger partial charge in [-0.2, -0.15) is 0 Å². The number of rotatable bonds is 2. The molecule has 0 radical (unpaired) electrons. The van der Waals surface area contributed by atoms with Crippen molar-refractivity contribution in [3.8, 4) is 0 Å². The quantitative estimate of drug-likeness (QED) is 0.569. The zero-order valence-electron chi connectivity index (χ0n) is 5.93. The van der Waals surface area contributed by atoms with Gasteiger partial charge in [0, 0.05) is 6.04 Å². The number of aliphatic hydroxyl groups excluding tert-OH is 1. The van der Waals surface area contributed by atoms with Crippen LogP contribution in [-0.4, -0.2) is 23.8 Å². The average Bonchev–Trinajstić information content (AvgIpc) is 2.37. The van der Waals surface area contributed by atoms with Crippen LogP contribution in [0, 0.1) is 0 Å². The van der Waals surface area contributed by atoms with Crippen LogP contribution >= 0.6 is 0 Å². The molecule has 1 fully saturated rings. The van der Waals surface area contributed by atoms with E-state index in [0.717, 1.165) is 19.4 Å². The van der Waals surface area contributed by atoms with Crippen LogP contribution in [0.3, 0.4) is 0 Å². The molecule has 0 aromatic rings. The molecule has 2 atom stereocenters. The highest BCUT2D eigenvalue weighted by atomic mass is 16.3. The molecule has 1 heterocycles. The fraction of sp³-hybridized carbons (Fsp3) is 1.00. The molecule has 2 nitrogen and oxygen atoms in total. The second-order valence-electron chi connectivity index (χ2n) is 2.68. The lowest BCUT2D eigenvalue weighted by molar-refractivity contribution is 0.132. The van der Waals surface area contributed by atoms with Gasteiger partial charge in [0.05, 0.1) is 6.10 Å². The van der Waals surface area contributed by atoms with Gasteiger partial charge in [0.25, 0.3) is 0 Å². The van der Waals surface area contributed by atoms with Gasteiger partial charge in [-0.1, -0.05) is 6.92 Å². The first-order valence-corrected chi connectivity index (χ1v) is 3.76. The smallest absolute Gasteiger partial charge is 0.0690 e. The minimum atomic E-state index is -0.118. The molecule has 0 bridgehead atoms. The number of nitrogens with one attached hydrogen (secondary N) is 1. The minimum Gasteiger partial charge on any atom is -0.392 e. The maximum Gasteiger partial charge on any atom is 0.0690 e. The van der Waals surface area contributed by atoms with Crippen LogP contribution in [0.1, 0.15) is 26.2 Å². The van der Waals surface area contributed by atoms with E-state index in [-0.39, 0.29) is 6.10 Å². The molecule has 0 aromatic carbocycles. The van der Waals surface area contributed by atoms with Crippen LogP contribution in [0.25, 0.3) is 0 Å². The van der Waals surface area contributed by atoms with Gasteiger partial charge >= 0.3 is 0 Å². The molecular weight excluding hydrogens is 114 g/mol. The largest absolute Gasteiger partial charge is 0.392 e. The zero-order chi connectivity index (χ0) is 6.69. The third-order valence-corrected chi connectivity index (χ3v) is 1.98. The summed E-state index contributed by atoms with van der Waals surface area (Å²) in [5.74, 6) is 0. The van der Waals surface area contributed by atoms with Crippen LogP contribution in [0.5, 0.6) is 0 Å². The Hall–Kier alpha value is -0.0800. The summed E-state index contributed by atoms with van der Waals surface area (Å²) < 4.78 is 0. The van der Waals surface area contributed by atoms with Crippen molar-refractivity contribution in [1.82, 2.24) is 5.32 Å².